The number of hydrogen-bond donors (Lipinski definition) is 1. The Morgan fingerprint density at radius 2 is 2.06 bits per heavy atom. The molecular formula is C14H22N2O2. The lowest BCUT2D eigenvalue weighted by molar-refractivity contribution is -0.385. The highest BCUT2D eigenvalue weighted by Crippen LogP contribution is 2.21. The normalized spacial score (nSPS) is 14.2. The molecule has 0 saturated carbocycles. The second-order valence-corrected chi connectivity index (χ2v) is 4.82. The Morgan fingerprint density at radius 1 is 1.39 bits per heavy atom. The highest BCUT2D eigenvalue weighted by Gasteiger charge is 2.17. The Balaban J connectivity index is 2.78. The van der Waals surface area contributed by atoms with E-state index in [9.17, 15) is 10.1 Å². The highest BCUT2D eigenvalue weighted by atomic mass is 16.6. The second kappa shape index (κ2) is 7.11. The molecule has 1 N–H and O–H groups in total. The smallest absolute Gasteiger partial charge is 0.272 e. The molecule has 0 aromatic heterocycles. The van der Waals surface area contributed by atoms with Crippen LogP contribution in [-0.4, -0.2) is 18.0 Å². The summed E-state index contributed by atoms with van der Waals surface area (Å²) in [6.45, 7) is 4.38. The minimum Gasteiger partial charge on any atom is -0.317 e. The van der Waals surface area contributed by atoms with Crippen molar-refractivity contribution in [2.45, 2.75) is 39.2 Å². The van der Waals surface area contributed by atoms with E-state index in [1.807, 2.05) is 19.2 Å². The molecule has 0 heterocycles. The van der Waals surface area contributed by atoms with Crippen molar-refractivity contribution in [3.05, 3.63) is 39.9 Å². The van der Waals surface area contributed by atoms with E-state index >= 15 is 0 Å². The lowest BCUT2D eigenvalue weighted by Gasteiger charge is -2.19. The van der Waals surface area contributed by atoms with Crippen molar-refractivity contribution in [2.24, 2.45) is 5.92 Å². The molecular weight excluding hydrogens is 228 g/mol. The molecule has 4 heteroatoms. The molecule has 0 saturated heterocycles. The topological polar surface area (TPSA) is 55.2 Å². The first-order chi connectivity index (χ1) is 8.58. The number of likely N-dealkylation sites (N-methyl/N-ethyl adjacent to an activating group) is 1. The van der Waals surface area contributed by atoms with Gasteiger partial charge in [0.25, 0.3) is 5.69 Å². The first-order valence-electron chi connectivity index (χ1n) is 6.48. The average molecular weight is 250 g/mol. The Bertz CT molecular complexity index is 393. The van der Waals surface area contributed by atoms with Crippen molar-refractivity contribution in [1.29, 1.82) is 0 Å². The quantitative estimate of drug-likeness (QED) is 0.597. The van der Waals surface area contributed by atoms with Crippen LogP contribution in [-0.2, 0) is 6.42 Å². The number of nitrogens with one attached hydrogen (secondary N) is 1. The van der Waals surface area contributed by atoms with Gasteiger partial charge in [0.15, 0.2) is 0 Å². The van der Waals surface area contributed by atoms with Crippen LogP contribution in [0.15, 0.2) is 24.3 Å². The molecule has 0 aliphatic heterocycles. The van der Waals surface area contributed by atoms with Crippen LogP contribution in [0.3, 0.4) is 0 Å². The van der Waals surface area contributed by atoms with Gasteiger partial charge in [-0.3, -0.25) is 10.1 Å². The van der Waals surface area contributed by atoms with Gasteiger partial charge in [-0.2, -0.15) is 0 Å². The van der Waals surface area contributed by atoms with Crippen LogP contribution in [0.1, 0.15) is 32.3 Å². The standard InChI is InChI=1S/C14H22N2O2/c1-4-11(2)9-13(15-3)10-12-7-5-6-8-14(12)16(17)18/h5-8,11,13,15H,4,9-10H2,1-3H3. The summed E-state index contributed by atoms with van der Waals surface area (Å²) in [5, 5.41) is 14.2. The van der Waals surface area contributed by atoms with Crippen molar-refractivity contribution >= 4 is 5.69 Å². The Hall–Kier alpha value is -1.42. The molecule has 0 spiro atoms. The van der Waals surface area contributed by atoms with E-state index in [1.54, 1.807) is 12.1 Å². The number of para-hydroxylation sites is 1. The maximum absolute atomic E-state index is 11.0. The zero-order valence-electron chi connectivity index (χ0n) is 11.3. The SMILES string of the molecule is CCC(C)CC(Cc1ccccc1[N+](=O)[O-])NC. The zero-order valence-corrected chi connectivity index (χ0v) is 11.3. The summed E-state index contributed by atoms with van der Waals surface area (Å²) >= 11 is 0. The molecule has 0 bridgehead atoms. The fourth-order valence-corrected chi connectivity index (χ4v) is 2.08. The first kappa shape index (κ1) is 14.6. The van der Waals surface area contributed by atoms with E-state index < -0.39 is 0 Å². The highest BCUT2D eigenvalue weighted by molar-refractivity contribution is 5.40. The number of nitro groups is 1. The third-order valence-electron chi connectivity index (χ3n) is 3.45. The number of hydrogen-bond acceptors (Lipinski definition) is 3. The molecule has 1 rings (SSSR count). The predicted octanol–water partition coefficient (Wildman–Crippen LogP) is 3.16. The average Bonchev–Trinajstić information content (AvgIpc) is 2.38. The van der Waals surface area contributed by atoms with E-state index in [0.29, 0.717) is 18.4 Å². The summed E-state index contributed by atoms with van der Waals surface area (Å²) < 4.78 is 0. The minimum absolute atomic E-state index is 0.224. The molecule has 100 valence electrons. The molecule has 0 fully saturated rings. The molecule has 2 unspecified atom stereocenters. The van der Waals surface area contributed by atoms with Crippen LogP contribution in [0.25, 0.3) is 0 Å². The van der Waals surface area contributed by atoms with Crippen LogP contribution >= 0.6 is 0 Å². The van der Waals surface area contributed by atoms with E-state index in [1.165, 1.54) is 0 Å². The van der Waals surface area contributed by atoms with Crippen LogP contribution in [0.2, 0.25) is 0 Å². The third kappa shape index (κ3) is 4.11. The van der Waals surface area contributed by atoms with Gasteiger partial charge in [0.1, 0.15) is 0 Å². The van der Waals surface area contributed by atoms with E-state index in [0.717, 1.165) is 18.4 Å². The van der Waals surface area contributed by atoms with Gasteiger partial charge in [0.2, 0.25) is 0 Å². The Labute approximate surface area is 109 Å². The van der Waals surface area contributed by atoms with Gasteiger partial charge in [0.05, 0.1) is 4.92 Å². The lowest BCUT2D eigenvalue weighted by Crippen LogP contribution is -2.29. The van der Waals surface area contributed by atoms with Gasteiger partial charge in [0, 0.05) is 17.7 Å². The fourth-order valence-electron chi connectivity index (χ4n) is 2.08. The maximum atomic E-state index is 11.0. The predicted molar refractivity (Wildman–Crippen MR) is 73.7 cm³/mol. The number of rotatable bonds is 7. The van der Waals surface area contributed by atoms with Gasteiger partial charge in [-0.25, -0.2) is 0 Å². The minimum atomic E-state index is -0.300. The first-order valence-corrected chi connectivity index (χ1v) is 6.48. The summed E-state index contributed by atoms with van der Waals surface area (Å²) in [5.74, 6) is 0.630. The van der Waals surface area contributed by atoms with Crippen molar-refractivity contribution in [3.8, 4) is 0 Å². The summed E-state index contributed by atoms with van der Waals surface area (Å²) in [6, 6.07) is 7.29. The summed E-state index contributed by atoms with van der Waals surface area (Å²) in [5.41, 5.74) is 1.03. The van der Waals surface area contributed by atoms with Gasteiger partial charge < -0.3 is 5.32 Å². The Morgan fingerprint density at radius 3 is 2.61 bits per heavy atom. The van der Waals surface area contributed by atoms with Gasteiger partial charge >= 0.3 is 0 Å². The van der Waals surface area contributed by atoms with E-state index in [4.69, 9.17) is 0 Å². The molecule has 18 heavy (non-hydrogen) atoms. The largest absolute Gasteiger partial charge is 0.317 e. The Kier molecular flexibility index (Phi) is 5.78. The van der Waals surface area contributed by atoms with Gasteiger partial charge in [-0.1, -0.05) is 38.5 Å². The second-order valence-electron chi connectivity index (χ2n) is 4.82. The van der Waals surface area contributed by atoms with Crippen LogP contribution in [0, 0.1) is 16.0 Å². The van der Waals surface area contributed by atoms with Crippen molar-refractivity contribution in [1.82, 2.24) is 5.32 Å². The molecule has 1 aromatic carbocycles. The molecule has 2 atom stereocenters. The molecule has 0 radical (unpaired) electrons. The molecule has 4 nitrogen and oxygen atoms in total. The number of nitrogens with zero attached hydrogens (tertiary/aromatic N) is 1. The summed E-state index contributed by atoms with van der Waals surface area (Å²) in [7, 11) is 1.92. The van der Waals surface area contributed by atoms with Gasteiger partial charge in [-0.15, -0.1) is 0 Å². The van der Waals surface area contributed by atoms with E-state index in [-0.39, 0.29) is 10.6 Å². The zero-order chi connectivity index (χ0) is 13.5. The van der Waals surface area contributed by atoms with Crippen molar-refractivity contribution < 1.29 is 4.92 Å². The van der Waals surface area contributed by atoms with Crippen LogP contribution in [0.5, 0.6) is 0 Å². The fraction of sp³-hybridized carbons (Fsp3) is 0.571. The number of benzene rings is 1. The molecule has 0 aliphatic carbocycles. The van der Waals surface area contributed by atoms with Crippen LogP contribution in [0.4, 0.5) is 5.69 Å². The number of nitro benzene ring substituents is 1. The third-order valence-corrected chi connectivity index (χ3v) is 3.45. The van der Waals surface area contributed by atoms with Crippen molar-refractivity contribution in [3.63, 3.8) is 0 Å². The van der Waals surface area contributed by atoms with E-state index in [2.05, 4.69) is 19.2 Å². The molecule has 1 aromatic rings. The van der Waals surface area contributed by atoms with Crippen molar-refractivity contribution in [2.75, 3.05) is 7.05 Å². The molecule has 0 aliphatic rings. The van der Waals surface area contributed by atoms with Gasteiger partial charge in [-0.05, 0) is 25.8 Å². The summed E-state index contributed by atoms with van der Waals surface area (Å²) in [6.07, 6.45) is 2.88. The lowest BCUT2D eigenvalue weighted by atomic mass is 9.94. The summed E-state index contributed by atoms with van der Waals surface area (Å²) in [4.78, 5) is 10.7. The van der Waals surface area contributed by atoms with Crippen LogP contribution < -0.4 is 5.32 Å². The maximum Gasteiger partial charge on any atom is 0.272 e. The molecule has 0 amide bonds. The monoisotopic (exact) mass is 250 g/mol.